The number of hydrogen-bond acceptors (Lipinski definition) is 10. The molecule has 11 heteroatoms. The number of benzene rings is 2. The average Bonchev–Trinajstić information content (AvgIpc) is 3.12. The summed E-state index contributed by atoms with van der Waals surface area (Å²) in [6.45, 7) is 12.2. The largest absolute Gasteiger partial charge is 0.504 e. The van der Waals surface area contributed by atoms with Crippen LogP contribution >= 0.6 is 0 Å². The predicted molar refractivity (Wildman–Crippen MR) is 186 cm³/mol. The van der Waals surface area contributed by atoms with E-state index in [1.54, 1.807) is 26.4 Å². The molecular formula is C36H48N6O5. The van der Waals surface area contributed by atoms with Gasteiger partial charge in [-0.1, -0.05) is 24.3 Å². The molecule has 6 rings (SSSR count). The van der Waals surface area contributed by atoms with Gasteiger partial charge in [-0.05, 0) is 73.5 Å². The van der Waals surface area contributed by atoms with E-state index in [0.717, 1.165) is 75.1 Å². The summed E-state index contributed by atoms with van der Waals surface area (Å²) in [6, 6.07) is 23.8. The molecule has 0 saturated carbocycles. The lowest BCUT2D eigenvalue weighted by molar-refractivity contribution is 0.198. The molecule has 2 atom stereocenters. The van der Waals surface area contributed by atoms with Gasteiger partial charge in [0.1, 0.15) is 11.6 Å². The number of nitrogens with zero attached hydrogens (tertiary/aromatic N) is 6. The van der Waals surface area contributed by atoms with Gasteiger partial charge < -0.3 is 35.0 Å². The van der Waals surface area contributed by atoms with Gasteiger partial charge in [-0.15, -0.1) is 0 Å². The van der Waals surface area contributed by atoms with Gasteiger partial charge in [0.05, 0.1) is 14.2 Å². The van der Waals surface area contributed by atoms with E-state index < -0.39 is 0 Å². The molecule has 4 N–H and O–H groups in total. The SMILES string of the molecule is COc1cc(C(C)N2CCN(c3ccccn3)CC2)ccc1O.COc1cc(C(C)N2CCN(c3ccccn3)CC2)ccc1O.O. The molecule has 2 aromatic heterocycles. The second kappa shape index (κ2) is 16.8. The molecule has 0 bridgehead atoms. The van der Waals surface area contributed by atoms with E-state index in [2.05, 4.69) is 55.5 Å². The number of ether oxygens (including phenoxy) is 2. The zero-order chi connectivity index (χ0) is 32.5. The molecule has 2 fully saturated rings. The van der Waals surface area contributed by atoms with Crippen LogP contribution in [0.2, 0.25) is 0 Å². The van der Waals surface area contributed by atoms with Crippen molar-refractivity contribution < 1.29 is 25.2 Å². The van der Waals surface area contributed by atoms with E-state index in [0.29, 0.717) is 11.5 Å². The van der Waals surface area contributed by atoms with Crippen molar-refractivity contribution in [2.45, 2.75) is 25.9 Å². The predicted octanol–water partition coefficient (Wildman–Crippen LogP) is 4.53. The highest BCUT2D eigenvalue weighted by Crippen LogP contribution is 2.33. The lowest BCUT2D eigenvalue weighted by Gasteiger charge is -2.38. The Morgan fingerprint density at radius 3 is 1.28 bits per heavy atom. The van der Waals surface area contributed by atoms with Gasteiger partial charge in [0, 0.05) is 76.8 Å². The molecule has 2 aliphatic rings. The van der Waals surface area contributed by atoms with E-state index in [-0.39, 0.29) is 29.1 Å². The first-order valence-electron chi connectivity index (χ1n) is 15.9. The van der Waals surface area contributed by atoms with E-state index in [9.17, 15) is 10.2 Å². The van der Waals surface area contributed by atoms with Crippen LogP contribution < -0.4 is 19.3 Å². The molecular weight excluding hydrogens is 596 g/mol. The van der Waals surface area contributed by atoms with Crippen molar-refractivity contribution in [3.8, 4) is 23.0 Å². The Balaban J connectivity index is 0.000000208. The third-order valence-corrected chi connectivity index (χ3v) is 9.04. The molecule has 0 spiro atoms. The Hall–Kier alpha value is -4.58. The molecule has 2 aromatic carbocycles. The maximum Gasteiger partial charge on any atom is 0.160 e. The highest BCUT2D eigenvalue weighted by Gasteiger charge is 2.24. The number of hydrogen-bond donors (Lipinski definition) is 2. The first-order valence-corrected chi connectivity index (χ1v) is 15.9. The molecule has 11 nitrogen and oxygen atoms in total. The van der Waals surface area contributed by atoms with Crippen LogP contribution in [0.1, 0.15) is 37.1 Å². The number of aromatic nitrogens is 2. The summed E-state index contributed by atoms with van der Waals surface area (Å²) in [6.07, 6.45) is 3.68. The molecule has 47 heavy (non-hydrogen) atoms. The lowest BCUT2D eigenvalue weighted by Crippen LogP contribution is -2.47. The maximum absolute atomic E-state index is 9.74. The van der Waals surface area contributed by atoms with Crippen LogP contribution in [0.25, 0.3) is 0 Å². The van der Waals surface area contributed by atoms with Crippen molar-refractivity contribution in [1.29, 1.82) is 0 Å². The quantitative estimate of drug-likeness (QED) is 0.282. The zero-order valence-corrected chi connectivity index (χ0v) is 27.8. The van der Waals surface area contributed by atoms with Gasteiger partial charge in [0.2, 0.25) is 0 Å². The van der Waals surface area contributed by atoms with Gasteiger partial charge in [-0.3, -0.25) is 9.80 Å². The third-order valence-electron chi connectivity index (χ3n) is 9.04. The molecule has 4 heterocycles. The van der Waals surface area contributed by atoms with Crippen molar-refractivity contribution >= 4 is 11.6 Å². The van der Waals surface area contributed by atoms with Crippen molar-refractivity contribution in [2.24, 2.45) is 0 Å². The van der Waals surface area contributed by atoms with Crippen LogP contribution in [0.15, 0.2) is 85.2 Å². The Morgan fingerprint density at radius 2 is 0.957 bits per heavy atom. The first kappa shape index (κ1) is 35.3. The number of anilines is 2. The minimum atomic E-state index is 0. The fourth-order valence-electron chi connectivity index (χ4n) is 6.09. The highest BCUT2D eigenvalue weighted by atomic mass is 16.5. The van der Waals surface area contributed by atoms with Crippen LogP contribution in [-0.2, 0) is 0 Å². The summed E-state index contributed by atoms with van der Waals surface area (Å²) in [5.41, 5.74) is 2.32. The topological polar surface area (TPSA) is 129 Å². The fraction of sp³-hybridized carbons (Fsp3) is 0.389. The summed E-state index contributed by atoms with van der Waals surface area (Å²) in [5.74, 6) is 3.52. The molecule has 252 valence electrons. The van der Waals surface area contributed by atoms with E-state index in [1.807, 2.05) is 60.9 Å². The summed E-state index contributed by atoms with van der Waals surface area (Å²) in [5, 5.41) is 19.5. The van der Waals surface area contributed by atoms with Gasteiger partial charge in [0.15, 0.2) is 23.0 Å². The summed E-state index contributed by atoms with van der Waals surface area (Å²) < 4.78 is 10.4. The fourth-order valence-corrected chi connectivity index (χ4v) is 6.09. The molecule has 4 aromatic rings. The van der Waals surface area contributed by atoms with Crippen LogP contribution in [0.4, 0.5) is 11.6 Å². The molecule has 2 aliphatic heterocycles. The smallest absolute Gasteiger partial charge is 0.160 e. The first-order chi connectivity index (χ1) is 22.4. The normalized spacial score (nSPS) is 16.7. The lowest BCUT2D eigenvalue weighted by atomic mass is 10.1. The Kier molecular flexibility index (Phi) is 12.6. The Bertz CT molecular complexity index is 1400. The summed E-state index contributed by atoms with van der Waals surface area (Å²) >= 11 is 0. The minimum Gasteiger partial charge on any atom is -0.504 e. The Labute approximate surface area is 277 Å². The number of aromatic hydroxyl groups is 2. The monoisotopic (exact) mass is 644 g/mol. The second-order valence-corrected chi connectivity index (χ2v) is 11.6. The van der Waals surface area contributed by atoms with Crippen molar-refractivity contribution in [3.05, 3.63) is 96.3 Å². The number of phenolic OH excluding ortho intramolecular Hbond substituents is 2. The van der Waals surface area contributed by atoms with Crippen molar-refractivity contribution in [2.75, 3.05) is 76.4 Å². The number of piperazine rings is 2. The zero-order valence-electron chi connectivity index (χ0n) is 27.8. The minimum absolute atomic E-state index is 0. The Morgan fingerprint density at radius 1 is 0.574 bits per heavy atom. The number of phenols is 2. The highest BCUT2D eigenvalue weighted by molar-refractivity contribution is 5.44. The van der Waals surface area contributed by atoms with Gasteiger partial charge in [-0.25, -0.2) is 9.97 Å². The van der Waals surface area contributed by atoms with E-state index in [4.69, 9.17) is 9.47 Å². The summed E-state index contributed by atoms with van der Waals surface area (Å²) in [7, 11) is 3.16. The van der Waals surface area contributed by atoms with Gasteiger partial charge in [-0.2, -0.15) is 0 Å². The maximum atomic E-state index is 9.74. The van der Waals surface area contributed by atoms with Crippen molar-refractivity contribution in [3.63, 3.8) is 0 Å². The second-order valence-electron chi connectivity index (χ2n) is 11.6. The van der Waals surface area contributed by atoms with Crippen LogP contribution in [0.5, 0.6) is 23.0 Å². The third kappa shape index (κ3) is 8.82. The molecule has 0 aliphatic carbocycles. The van der Waals surface area contributed by atoms with Crippen molar-refractivity contribution in [1.82, 2.24) is 19.8 Å². The van der Waals surface area contributed by atoms with Gasteiger partial charge in [0.25, 0.3) is 0 Å². The van der Waals surface area contributed by atoms with Gasteiger partial charge >= 0.3 is 0 Å². The molecule has 2 unspecified atom stereocenters. The molecule has 0 radical (unpaired) electrons. The van der Waals surface area contributed by atoms with Crippen LogP contribution in [0.3, 0.4) is 0 Å². The molecule has 2 saturated heterocycles. The van der Waals surface area contributed by atoms with Crippen LogP contribution in [0, 0.1) is 0 Å². The average molecular weight is 645 g/mol. The standard InChI is InChI=1S/2C18H23N3O2.H2O/c2*1-14(15-6-7-16(22)17(13-15)23-2)20-9-11-21(12-10-20)18-5-3-4-8-19-18;/h2*3-8,13-14,22H,9-12H2,1-2H3;1H2. The van der Waals surface area contributed by atoms with E-state index in [1.165, 1.54) is 0 Å². The van der Waals surface area contributed by atoms with E-state index >= 15 is 0 Å². The van der Waals surface area contributed by atoms with Crippen LogP contribution in [-0.4, -0.2) is 102 Å². The molecule has 0 amide bonds. The summed E-state index contributed by atoms with van der Waals surface area (Å²) in [4.78, 5) is 18.4. The number of methoxy groups -OCH3 is 2. The number of rotatable bonds is 8. The number of pyridine rings is 2.